The van der Waals surface area contributed by atoms with Crippen LogP contribution in [0.25, 0.3) is 0 Å². The largest absolute Gasteiger partial charge is 0.316 e. The van der Waals surface area contributed by atoms with Gasteiger partial charge in [-0.15, -0.1) is 0 Å². The molecule has 0 aromatic heterocycles. The lowest BCUT2D eigenvalue weighted by Crippen LogP contribution is -2.20. The van der Waals surface area contributed by atoms with Gasteiger partial charge in [-0.1, -0.05) is 25.7 Å². The minimum absolute atomic E-state index is 1.01. The first-order chi connectivity index (χ1) is 5.95. The zero-order valence-electron chi connectivity index (χ0n) is 8.02. The van der Waals surface area contributed by atoms with E-state index < -0.39 is 0 Å². The van der Waals surface area contributed by atoms with Crippen molar-refractivity contribution in [1.82, 2.24) is 5.32 Å². The lowest BCUT2D eigenvalue weighted by Gasteiger charge is -2.12. The molecule has 0 spiro atoms. The van der Waals surface area contributed by atoms with Crippen LogP contribution in [0.4, 0.5) is 0 Å². The Morgan fingerprint density at radius 2 is 1.75 bits per heavy atom. The van der Waals surface area contributed by atoms with Crippen molar-refractivity contribution in [3.05, 3.63) is 0 Å². The van der Waals surface area contributed by atoms with Gasteiger partial charge in [0.25, 0.3) is 0 Å². The molecule has 0 amide bonds. The second-order valence-electron chi connectivity index (χ2n) is 4.59. The number of rotatable bonds is 3. The van der Waals surface area contributed by atoms with Gasteiger partial charge < -0.3 is 5.32 Å². The van der Waals surface area contributed by atoms with Gasteiger partial charge in [-0.25, -0.2) is 0 Å². The standard InChI is InChI=1S/C11H21N/c1-2-8-12-9-11(3-1)7-6-10-4-5-10/h10-12H,1-9H2. The Morgan fingerprint density at radius 3 is 2.58 bits per heavy atom. The maximum Gasteiger partial charge on any atom is -0.00205 e. The van der Waals surface area contributed by atoms with Crippen LogP contribution >= 0.6 is 0 Å². The topological polar surface area (TPSA) is 12.0 Å². The third-order valence-electron chi connectivity index (χ3n) is 3.33. The zero-order chi connectivity index (χ0) is 8.23. The first-order valence-corrected chi connectivity index (χ1v) is 5.66. The number of hydrogen-bond acceptors (Lipinski definition) is 1. The summed E-state index contributed by atoms with van der Waals surface area (Å²) in [6, 6.07) is 0. The molecule has 2 rings (SSSR count). The lowest BCUT2D eigenvalue weighted by molar-refractivity contribution is 0.421. The van der Waals surface area contributed by atoms with E-state index in [0.29, 0.717) is 0 Å². The first kappa shape index (κ1) is 8.55. The molecule has 1 aliphatic heterocycles. The molecule has 1 aliphatic carbocycles. The van der Waals surface area contributed by atoms with E-state index >= 15 is 0 Å². The van der Waals surface area contributed by atoms with Gasteiger partial charge in [0.2, 0.25) is 0 Å². The molecule has 1 atom stereocenters. The van der Waals surface area contributed by atoms with Gasteiger partial charge in [-0.2, -0.15) is 0 Å². The van der Waals surface area contributed by atoms with Crippen LogP contribution in [0.15, 0.2) is 0 Å². The number of hydrogen-bond donors (Lipinski definition) is 1. The van der Waals surface area contributed by atoms with E-state index in [2.05, 4.69) is 5.32 Å². The van der Waals surface area contributed by atoms with Crippen molar-refractivity contribution >= 4 is 0 Å². The predicted molar refractivity (Wildman–Crippen MR) is 52.2 cm³/mol. The van der Waals surface area contributed by atoms with Crippen molar-refractivity contribution in [3.8, 4) is 0 Å². The molecule has 2 aliphatic rings. The molecule has 1 saturated heterocycles. The summed E-state index contributed by atoms with van der Waals surface area (Å²) in [5.74, 6) is 2.14. The zero-order valence-corrected chi connectivity index (χ0v) is 8.02. The van der Waals surface area contributed by atoms with Crippen LogP contribution in [0.5, 0.6) is 0 Å². The van der Waals surface area contributed by atoms with Crippen LogP contribution in [0.3, 0.4) is 0 Å². The van der Waals surface area contributed by atoms with Gasteiger partial charge in [0.05, 0.1) is 0 Å². The minimum atomic E-state index is 1.01. The molecule has 1 heterocycles. The van der Waals surface area contributed by atoms with E-state index in [4.69, 9.17) is 0 Å². The molecule has 1 unspecified atom stereocenters. The smallest absolute Gasteiger partial charge is 0.00205 e. The summed E-state index contributed by atoms with van der Waals surface area (Å²) in [4.78, 5) is 0. The predicted octanol–water partition coefficient (Wildman–Crippen LogP) is 2.57. The Hall–Kier alpha value is -0.0400. The highest BCUT2D eigenvalue weighted by Gasteiger charge is 2.22. The first-order valence-electron chi connectivity index (χ1n) is 5.66. The van der Waals surface area contributed by atoms with E-state index in [1.807, 2.05) is 0 Å². The summed E-state index contributed by atoms with van der Waals surface area (Å²) in [6.45, 7) is 2.56. The van der Waals surface area contributed by atoms with E-state index in [1.165, 1.54) is 58.0 Å². The fraction of sp³-hybridized carbons (Fsp3) is 1.00. The van der Waals surface area contributed by atoms with Gasteiger partial charge >= 0.3 is 0 Å². The molecule has 0 aromatic rings. The minimum Gasteiger partial charge on any atom is -0.316 e. The summed E-state index contributed by atoms with van der Waals surface area (Å²) in [5.41, 5.74) is 0. The van der Waals surface area contributed by atoms with Gasteiger partial charge in [-0.3, -0.25) is 0 Å². The molecule has 0 bridgehead atoms. The van der Waals surface area contributed by atoms with Crippen LogP contribution in [0, 0.1) is 11.8 Å². The Bertz CT molecular complexity index is 121. The fourth-order valence-electron chi connectivity index (χ4n) is 2.22. The molecule has 1 nitrogen and oxygen atoms in total. The van der Waals surface area contributed by atoms with E-state index in [9.17, 15) is 0 Å². The van der Waals surface area contributed by atoms with Crippen LogP contribution < -0.4 is 5.32 Å². The van der Waals surface area contributed by atoms with Gasteiger partial charge in [0.15, 0.2) is 0 Å². The van der Waals surface area contributed by atoms with E-state index in [0.717, 1.165) is 11.8 Å². The Balaban J connectivity index is 1.62. The van der Waals surface area contributed by atoms with Gasteiger partial charge in [0.1, 0.15) is 0 Å². The molecule has 2 fully saturated rings. The third-order valence-corrected chi connectivity index (χ3v) is 3.33. The molecule has 1 saturated carbocycles. The average molecular weight is 167 g/mol. The summed E-state index contributed by atoms with van der Waals surface area (Å²) < 4.78 is 0. The molecule has 1 N–H and O–H groups in total. The molecule has 0 aromatic carbocycles. The molecule has 1 heteroatoms. The van der Waals surface area contributed by atoms with Crippen molar-refractivity contribution in [3.63, 3.8) is 0 Å². The van der Waals surface area contributed by atoms with Gasteiger partial charge in [-0.05, 0) is 44.2 Å². The maximum atomic E-state index is 3.54. The highest BCUT2D eigenvalue weighted by molar-refractivity contribution is 4.76. The second-order valence-corrected chi connectivity index (χ2v) is 4.59. The third kappa shape index (κ3) is 2.78. The van der Waals surface area contributed by atoms with Crippen molar-refractivity contribution in [2.75, 3.05) is 13.1 Å². The molecular weight excluding hydrogens is 146 g/mol. The molecule has 0 radical (unpaired) electrons. The summed E-state index contributed by atoms with van der Waals surface area (Å²) in [5, 5.41) is 3.54. The molecule has 70 valence electrons. The number of nitrogens with one attached hydrogen (secondary N) is 1. The Labute approximate surface area is 75.9 Å². The highest BCUT2D eigenvalue weighted by atomic mass is 14.9. The Morgan fingerprint density at radius 1 is 0.917 bits per heavy atom. The van der Waals surface area contributed by atoms with E-state index in [1.54, 1.807) is 0 Å². The fourth-order valence-corrected chi connectivity index (χ4v) is 2.22. The normalized spacial score (nSPS) is 31.5. The average Bonchev–Trinajstić information content (AvgIpc) is 2.90. The quantitative estimate of drug-likeness (QED) is 0.681. The van der Waals surface area contributed by atoms with Gasteiger partial charge in [0, 0.05) is 0 Å². The second kappa shape index (κ2) is 4.27. The van der Waals surface area contributed by atoms with Crippen LogP contribution in [-0.2, 0) is 0 Å². The summed E-state index contributed by atoms with van der Waals surface area (Å²) in [6.07, 6.45) is 10.4. The van der Waals surface area contributed by atoms with Crippen molar-refractivity contribution in [2.24, 2.45) is 11.8 Å². The maximum absolute atomic E-state index is 3.54. The lowest BCUT2D eigenvalue weighted by atomic mass is 9.97. The highest BCUT2D eigenvalue weighted by Crippen LogP contribution is 2.35. The van der Waals surface area contributed by atoms with Crippen LogP contribution in [0.2, 0.25) is 0 Å². The van der Waals surface area contributed by atoms with E-state index in [-0.39, 0.29) is 0 Å². The van der Waals surface area contributed by atoms with Crippen molar-refractivity contribution < 1.29 is 0 Å². The van der Waals surface area contributed by atoms with Crippen LogP contribution in [0.1, 0.15) is 44.9 Å². The molecule has 12 heavy (non-hydrogen) atoms. The van der Waals surface area contributed by atoms with Crippen LogP contribution in [-0.4, -0.2) is 13.1 Å². The molecular formula is C11H21N. The van der Waals surface area contributed by atoms with Crippen molar-refractivity contribution in [2.45, 2.75) is 44.9 Å². The monoisotopic (exact) mass is 167 g/mol. The summed E-state index contributed by atoms with van der Waals surface area (Å²) in [7, 11) is 0. The van der Waals surface area contributed by atoms with Crippen molar-refractivity contribution in [1.29, 1.82) is 0 Å². The summed E-state index contributed by atoms with van der Waals surface area (Å²) >= 11 is 0. The SMILES string of the molecule is C1CCC(CCC2CC2)CNC1. The Kier molecular flexibility index (Phi) is 3.04.